The maximum Gasteiger partial charge on any atom is 0.522 e. The third kappa shape index (κ3) is 6.72. The molecule has 0 saturated heterocycles. The summed E-state index contributed by atoms with van der Waals surface area (Å²) in [4.78, 5) is 0. The summed E-state index contributed by atoms with van der Waals surface area (Å²) in [5.74, 6) is 0. The summed E-state index contributed by atoms with van der Waals surface area (Å²) in [6, 6.07) is 0. The number of rotatable bonds is 0. The molecule has 2 N–H and O–H groups in total. The third-order valence-electron chi connectivity index (χ3n) is 1.30. The minimum absolute atomic E-state index is 0.943. The first-order valence-corrected chi connectivity index (χ1v) is 5.55. The van der Waals surface area contributed by atoms with Crippen LogP contribution in [-0.2, 0) is 10.1 Å². The van der Waals surface area contributed by atoms with Crippen LogP contribution in [-0.4, -0.2) is 31.6 Å². The average molecular weight is 268 g/mol. The van der Waals surface area contributed by atoms with E-state index in [2.05, 4.69) is 5.32 Å². The molecule has 4 nitrogen and oxygen atoms in total. The molecule has 0 spiro atoms. The molecule has 0 aromatic heterocycles. The van der Waals surface area contributed by atoms with Crippen LogP contribution in [0.5, 0.6) is 0 Å². The van der Waals surface area contributed by atoms with E-state index in [0.29, 0.717) is 0 Å². The van der Waals surface area contributed by atoms with Gasteiger partial charge in [0.25, 0.3) is 0 Å². The highest BCUT2D eigenvalue weighted by Crippen LogP contribution is 2.20. The normalized spacial score (nSPS) is 17.5. The van der Waals surface area contributed by atoms with Crippen LogP contribution >= 0.6 is 11.6 Å². The fraction of sp³-hybridized carbons (Fsp3) is 0.667. The second-order valence-corrected chi connectivity index (χ2v) is 4.42. The lowest BCUT2D eigenvalue weighted by atomic mass is 10.3. The standard InChI is InChI=1S/C5H8ClN.CHF3O3S/c6-5-1-3-7-4-2-5;2-1(3,4)8(5,6)7/h1,7H,2-4H2;(H,5,6,7). The SMILES string of the molecule is ClC1=CCNCC1.O=S(=O)(O)C(F)(F)F. The molecule has 0 amide bonds. The predicted octanol–water partition coefficient (Wildman–Crippen LogP) is 1.50. The van der Waals surface area contributed by atoms with E-state index in [0.717, 1.165) is 24.5 Å². The van der Waals surface area contributed by atoms with Crippen molar-refractivity contribution in [2.24, 2.45) is 0 Å². The van der Waals surface area contributed by atoms with E-state index in [9.17, 15) is 13.2 Å². The minimum Gasteiger partial charge on any atom is -0.313 e. The minimum atomic E-state index is -5.84. The average Bonchev–Trinajstić information content (AvgIpc) is 2.02. The summed E-state index contributed by atoms with van der Waals surface area (Å²) >= 11 is 5.64. The molecule has 15 heavy (non-hydrogen) atoms. The zero-order chi connectivity index (χ0) is 12.1. The lowest BCUT2D eigenvalue weighted by Gasteiger charge is -2.06. The number of hydrogen-bond donors (Lipinski definition) is 2. The van der Waals surface area contributed by atoms with Gasteiger partial charge in [0.15, 0.2) is 0 Å². The molecule has 1 aliphatic heterocycles. The fourth-order valence-electron chi connectivity index (χ4n) is 0.595. The van der Waals surface area contributed by atoms with Crippen LogP contribution in [0.4, 0.5) is 13.2 Å². The highest BCUT2D eigenvalue weighted by atomic mass is 35.5. The molecule has 0 bridgehead atoms. The van der Waals surface area contributed by atoms with E-state index in [1.807, 2.05) is 6.08 Å². The highest BCUT2D eigenvalue weighted by molar-refractivity contribution is 7.86. The summed E-state index contributed by atoms with van der Waals surface area (Å²) in [5.41, 5.74) is -5.53. The monoisotopic (exact) mass is 267 g/mol. The van der Waals surface area contributed by atoms with Crippen molar-refractivity contribution in [3.05, 3.63) is 11.1 Å². The van der Waals surface area contributed by atoms with E-state index in [1.165, 1.54) is 0 Å². The molecule has 9 heteroatoms. The van der Waals surface area contributed by atoms with Crippen molar-refractivity contribution in [3.63, 3.8) is 0 Å². The molecule has 0 unspecified atom stereocenters. The quantitative estimate of drug-likeness (QED) is 0.516. The summed E-state index contributed by atoms with van der Waals surface area (Å²) in [7, 11) is -5.84. The van der Waals surface area contributed by atoms with Gasteiger partial charge in [0.05, 0.1) is 0 Å². The van der Waals surface area contributed by atoms with Gasteiger partial charge in [-0.1, -0.05) is 17.7 Å². The molecule has 1 aliphatic rings. The molecule has 0 aromatic rings. The molecular formula is C6H9ClF3NO3S. The number of halogens is 4. The Bertz CT molecular complexity index is 325. The number of nitrogens with one attached hydrogen (secondary N) is 1. The first-order chi connectivity index (χ1) is 6.64. The Morgan fingerprint density at radius 1 is 1.47 bits per heavy atom. The van der Waals surface area contributed by atoms with Gasteiger partial charge < -0.3 is 5.32 Å². The van der Waals surface area contributed by atoms with Gasteiger partial charge in [-0.3, -0.25) is 4.55 Å². The van der Waals surface area contributed by atoms with Gasteiger partial charge in [0, 0.05) is 18.1 Å². The van der Waals surface area contributed by atoms with Crippen LogP contribution in [0.2, 0.25) is 0 Å². The Morgan fingerprint density at radius 2 is 1.93 bits per heavy atom. The predicted molar refractivity (Wildman–Crippen MR) is 49.0 cm³/mol. The summed E-state index contributed by atoms with van der Waals surface area (Å²) < 4.78 is 57.5. The van der Waals surface area contributed by atoms with Gasteiger partial charge in [-0.25, -0.2) is 0 Å². The molecule has 0 aromatic carbocycles. The van der Waals surface area contributed by atoms with Gasteiger partial charge in [0.2, 0.25) is 0 Å². The molecule has 0 aliphatic carbocycles. The van der Waals surface area contributed by atoms with Crippen molar-refractivity contribution in [3.8, 4) is 0 Å². The number of hydrogen-bond acceptors (Lipinski definition) is 3. The van der Waals surface area contributed by atoms with E-state index >= 15 is 0 Å². The zero-order valence-electron chi connectivity index (χ0n) is 7.38. The van der Waals surface area contributed by atoms with Crippen molar-refractivity contribution in [2.45, 2.75) is 11.9 Å². The fourth-order valence-corrected chi connectivity index (χ4v) is 0.766. The van der Waals surface area contributed by atoms with Crippen molar-refractivity contribution in [1.29, 1.82) is 0 Å². The van der Waals surface area contributed by atoms with Crippen LogP contribution in [0.3, 0.4) is 0 Å². The van der Waals surface area contributed by atoms with Crippen LogP contribution in [0.1, 0.15) is 6.42 Å². The van der Waals surface area contributed by atoms with Crippen LogP contribution in [0.25, 0.3) is 0 Å². The zero-order valence-corrected chi connectivity index (χ0v) is 8.95. The van der Waals surface area contributed by atoms with E-state index < -0.39 is 15.6 Å². The second-order valence-electron chi connectivity index (χ2n) is 2.53. The lowest BCUT2D eigenvalue weighted by Crippen LogP contribution is -2.21. The Morgan fingerprint density at radius 3 is 2.07 bits per heavy atom. The highest BCUT2D eigenvalue weighted by Gasteiger charge is 2.44. The van der Waals surface area contributed by atoms with Gasteiger partial charge in [-0.2, -0.15) is 21.6 Å². The molecule has 0 fully saturated rings. The largest absolute Gasteiger partial charge is 0.522 e. The van der Waals surface area contributed by atoms with Gasteiger partial charge in [-0.15, -0.1) is 0 Å². The Balaban J connectivity index is 0.000000262. The smallest absolute Gasteiger partial charge is 0.313 e. The molecule has 90 valence electrons. The van der Waals surface area contributed by atoms with Crippen LogP contribution in [0.15, 0.2) is 11.1 Å². The molecule has 1 heterocycles. The van der Waals surface area contributed by atoms with Crippen LogP contribution < -0.4 is 5.32 Å². The van der Waals surface area contributed by atoms with Crippen molar-refractivity contribution < 1.29 is 26.1 Å². The van der Waals surface area contributed by atoms with Gasteiger partial charge in [0.1, 0.15) is 0 Å². The van der Waals surface area contributed by atoms with E-state index in [4.69, 9.17) is 24.6 Å². The van der Waals surface area contributed by atoms with Crippen LogP contribution in [0, 0.1) is 0 Å². The Kier molecular flexibility index (Phi) is 5.57. The Hall–Kier alpha value is -0.310. The van der Waals surface area contributed by atoms with Crippen molar-refractivity contribution in [1.82, 2.24) is 5.32 Å². The van der Waals surface area contributed by atoms with Crippen molar-refractivity contribution >= 4 is 21.7 Å². The first-order valence-electron chi connectivity index (χ1n) is 3.73. The maximum atomic E-state index is 10.7. The second kappa shape index (κ2) is 5.69. The lowest BCUT2D eigenvalue weighted by molar-refractivity contribution is -0.0510. The van der Waals surface area contributed by atoms with E-state index in [-0.39, 0.29) is 0 Å². The summed E-state index contributed by atoms with van der Waals surface area (Å²) in [6.45, 7) is 1.98. The first kappa shape index (κ1) is 14.7. The maximum absolute atomic E-state index is 10.7. The summed E-state index contributed by atoms with van der Waals surface area (Å²) in [5, 5.41) is 4.15. The topological polar surface area (TPSA) is 66.4 Å². The third-order valence-corrected chi connectivity index (χ3v) is 2.23. The molecule has 0 saturated carbocycles. The van der Waals surface area contributed by atoms with Gasteiger partial charge >= 0.3 is 15.6 Å². The molecular weight excluding hydrogens is 259 g/mol. The van der Waals surface area contributed by atoms with Crippen molar-refractivity contribution in [2.75, 3.05) is 13.1 Å². The molecule has 0 atom stereocenters. The number of alkyl halides is 3. The van der Waals surface area contributed by atoms with E-state index in [1.54, 1.807) is 0 Å². The molecule has 1 rings (SSSR count). The Labute approximate surface area is 89.9 Å². The summed E-state index contributed by atoms with van der Waals surface area (Å²) in [6.07, 6.45) is 3.01. The molecule has 0 radical (unpaired) electrons. The van der Waals surface area contributed by atoms with Gasteiger partial charge in [-0.05, 0) is 6.42 Å².